The van der Waals surface area contributed by atoms with Crippen molar-refractivity contribution in [1.82, 2.24) is 24.5 Å². The molecule has 0 N–H and O–H groups in total. The fourth-order valence-electron chi connectivity index (χ4n) is 5.10. The SMILES string of the molecule is Cn1cnc2ncc(-c3cc4ccc5c(ccc6cc(-c7ccc(-c8cncnc8)cc7)sc65)c4s3)cc21. The first kappa shape index (κ1) is 21.6. The van der Waals surface area contributed by atoms with Crippen LogP contribution >= 0.6 is 22.7 Å². The van der Waals surface area contributed by atoms with E-state index in [9.17, 15) is 0 Å². The molecule has 5 heterocycles. The fraction of sp³-hybridized carbons (Fsp3) is 0.0323. The van der Waals surface area contributed by atoms with E-state index in [2.05, 4.69) is 86.7 Å². The second-order valence-corrected chi connectivity index (χ2v) is 11.5. The predicted octanol–water partition coefficient (Wildman–Crippen LogP) is 8.34. The summed E-state index contributed by atoms with van der Waals surface area (Å²) in [6.45, 7) is 0. The number of hydrogen-bond acceptors (Lipinski definition) is 6. The van der Waals surface area contributed by atoms with Crippen molar-refractivity contribution in [3.8, 4) is 32.0 Å². The molecule has 5 nitrogen and oxygen atoms in total. The van der Waals surface area contributed by atoms with E-state index in [0.29, 0.717) is 0 Å². The van der Waals surface area contributed by atoms with Gasteiger partial charge >= 0.3 is 0 Å². The Kier molecular flexibility index (Phi) is 4.71. The second-order valence-electron chi connectivity index (χ2n) is 9.41. The Balaban J connectivity index is 1.22. The number of fused-ring (bicyclic) bond motifs is 6. The van der Waals surface area contributed by atoms with Gasteiger partial charge in [0.15, 0.2) is 5.65 Å². The van der Waals surface area contributed by atoms with E-state index in [4.69, 9.17) is 0 Å². The number of imidazole rings is 1. The Morgan fingerprint density at radius 3 is 1.92 bits per heavy atom. The first-order valence-corrected chi connectivity index (χ1v) is 13.9. The molecule has 0 bridgehead atoms. The monoisotopic (exact) mass is 525 g/mol. The van der Waals surface area contributed by atoms with E-state index in [-0.39, 0.29) is 0 Å². The highest BCUT2D eigenvalue weighted by molar-refractivity contribution is 7.24. The van der Waals surface area contributed by atoms with Crippen molar-refractivity contribution in [2.24, 2.45) is 7.05 Å². The molecule has 0 radical (unpaired) electrons. The largest absolute Gasteiger partial charge is 0.332 e. The molecule has 0 saturated carbocycles. The molecule has 5 aromatic heterocycles. The average Bonchev–Trinajstić information content (AvgIpc) is 3.70. The molecular weight excluding hydrogens is 507 g/mol. The molecule has 0 aliphatic carbocycles. The maximum atomic E-state index is 4.58. The van der Waals surface area contributed by atoms with Gasteiger partial charge in [-0.25, -0.2) is 19.9 Å². The van der Waals surface area contributed by atoms with Crippen LogP contribution in [-0.4, -0.2) is 24.5 Å². The first-order chi connectivity index (χ1) is 18.7. The molecule has 8 aromatic rings. The zero-order chi connectivity index (χ0) is 25.2. The van der Waals surface area contributed by atoms with Crippen LogP contribution in [0.5, 0.6) is 0 Å². The van der Waals surface area contributed by atoms with Crippen LogP contribution in [0, 0.1) is 0 Å². The van der Waals surface area contributed by atoms with Gasteiger partial charge < -0.3 is 4.57 Å². The highest BCUT2D eigenvalue weighted by Gasteiger charge is 2.13. The summed E-state index contributed by atoms with van der Waals surface area (Å²) in [4.78, 5) is 19.7. The van der Waals surface area contributed by atoms with Gasteiger partial charge in [-0.3, -0.25) is 0 Å². The van der Waals surface area contributed by atoms with E-state index in [0.717, 1.165) is 27.9 Å². The van der Waals surface area contributed by atoms with Gasteiger partial charge in [0.1, 0.15) is 6.33 Å². The molecule has 0 atom stereocenters. The molecule has 38 heavy (non-hydrogen) atoms. The molecule has 7 heteroatoms. The van der Waals surface area contributed by atoms with Gasteiger partial charge in [0.25, 0.3) is 0 Å². The van der Waals surface area contributed by atoms with Crippen LogP contribution in [0.4, 0.5) is 0 Å². The van der Waals surface area contributed by atoms with Gasteiger partial charge in [-0.15, -0.1) is 22.7 Å². The topological polar surface area (TPSA) is 56.5 Å². The number of hydrogen-bond donors (Lipinski definition) is 0. The van der Waals surface area contributed by atoms with Crippen molar-refractivity contribution < 1.29 is 0 Å². The van der Waals surface area contributed by atoms with Crippen molar-refractivity contribution >= 4 is 64.8 Å². The minimum absolute atomic E-state index is 0.780. The van der Waals surface area contributed by atoms with Crippen LogP contribution in [0.15, 0.2) is 98.0 Å². The number of benzene rings is 3. The number of pyridine rings is 1. The van der Waals surface area contributed by atoms with Crippen LogP contribution in [-0.2, 0) is 7.05 Å². The third-order valence-electron chi connectivity index (χ3n) is 7.09. The van der Waals surface area contributed by atoms with Crippen LogP contribution in [0.1, 0.15) is 0 Å². The van der Waals surface area contributed by atoms with E-state index in [1.807, 2.05) is 59.2 Å². The van der Waals surface area contributed by atoms with Gasteiger partial charge in [-0.05, 0) is 40.1 Å². The van der Waals surface area contributed by atoms with Crippen LogP contribution in [0.3, 0.4) is 0 Å². The van der Waals surface area contributed by atoms with E-state index in [1.165, 1.54) is 46.3 Å². The molecule has 0 saturated heterocycles. The summed E-state index contributed by atoms with van der Waals surface area (Å²) in [6.07, 6.45) is 8.99. The summed E-state index contributed by atoms with van der Waals surface area (Å²) < 4.78 is 4.66. The Morgan fingerprint density at radius 2 is 1.24 bits per heavy atom. The molecule has 180 valence electrons. The van der Waals surface area contributed by atoms with Crippen LogP contribution in [0.2, 0.25) is 0 Å². The number of nitrogens with zero attached hydrogens (tertiary/aromatic N) is 5. The third-order valence-corrected chi connectivity index (χ3v) is 9.55. The number of thiophene rings is 2. The number of rotatable bonds is 3. The molecule has 0 spiro atoms. The molecule has 8 rings (SSSR count). The highest BCUT2D eigenvalue weighted by atomic mass is 32.1. The summed E-state index contributed by atoms with van der Waals surface area (Å²) in [5.74, 6) is 0. The van der Waals surface area contributed by atoms with Gasteiger partial charge in [0.05, 0.1) is 11.8 Å². The zero-order valence-corrected chi connectivity index (χ0v) is 21.9. The molecule has 0 amide bonds. The van der Waals surface area contributed by atoms with Crippen molar-refractivity contribution in [1.29, 1.82) is 0 Å². The van der Waals surface area contributed by atoms with Crippen molar-refractivity contribution in [3.63, 3.8) is 0 Å². The van der Waals surface area contributed by atoms with Crippen molar-refractivity contribution in [2.45, 2.75) is 0 Å². The quantitative estimate of drug-likeness (QED) is 0.233. The van der Waals surface area contributed by atoms with E-state index >= 15 is 0 Å². The minimum Gasteiger partial charge on any atom is -0.332 e. The normalized spacial score (nSPS) is 11.8. The number of aryl methyl sites for hydroxylation is 1. The Morgan fingerprint density at radius 1 is 0.605 bits per heavy atom. The van der Waals surface area contributed by atoms with Crippen LogP contribution < -0.4 is 0 Å². The average molecular weight is 526 g/mol. The summed E-state index contributed by atoms with van der Waals surface area (Å²) in [7, 11) is 2.01. The second kappa shape index (κ2) is 8.28. The Bertz CT molecular complexity index is 2140. The third kappa shape index (κ3) is 3.36. The lowest BCUT2D eigenvalue weighted by Gasteiger charge is -2.02. The number of aromatic nitrogens is 5. The Labute approximate surface area is 225 Å². The minimum atomic E-state index is 0.780. The zero-order valence-electron chi connectivity index (χ0n) is 20.3. The van der Waals surface area contributed by atoms with Crippen LogP contribution in [0.25, 0.3) is 74.1 Å². The summed E-state index contributed by atoms with van der Waals surface area (Å²) >= 11 is 3.69. The summed E-state index contributed by atoms with van der Waals surface area (Å²) in [5, 5.41) is 5.14. The lowest BCUT2D eigenvalue weighted by molar-refractivity contribution is 0.948. The molecule has 0 fully saturated rings. The fourth-order valence-corrected chi connectivity index (χ4v) is 7.46. The first-order valence-electron chi connectivity index (χ1n) is 12.2. The highest BCUT2D eigenvalue weighted by Crippen LogP contribution is 2.43. The lowest BCUT2D eigenvalue weighted by Crippen LogP contribution is -1.85. The van der Waals surface area contributed by atoms with Crippen molar-refractivity contribution in [3.05, 3.63) is 98.0 Å². The standard InChI is InChI=1S/C31H19N5S2/c1-36-17-35-31-26(36)10-22(15-34-31)28-12-21-7-9-24-25(30(21)38-28)8-6-20-11-27(37-29(20)24)19-4-2-18(3-5-19)23-13-32-16-33-14-23/h2-17H,1H3. The van der Waals surface area contributed by atoms with Crippen molar-refractivity contribution in [2.75, 3.05) is 0 Å². The molecule has 3 aromatic carbocycles. The van der Waals surface area contributed by atoms with Gasteiger partial charge in [-0.2, -0.15) is 0 Å². The summed E-state index contributed by atoms with van der Waals surface area (Å²) in [5.41, 5.74) is 6.31. The van der Waals surface area contributed by atoms with Gasteiger partial charge in [0, 0.05) is 66.7 Å². The molecule has 0 aliphatic heterocycles. The predicted molar refractivity (Wildman–Crippen MR) is 159 cm³/mol. The smallest absolute Gasteiger partial charge is 0.177 e. The van der Waals surface area contributed by atoms with E-state index in [1.54, 1.807) is 6.33 Å². The Hall–Kier alpha value is -4.46. The lowest BCUT2D eigenvalue weighted by atomic mass is 10.0. The van der Waals surface area contributed by atoms with E-state index < -0.39 is 0 Å². The van der Waals surface area contributed by atoms with Gasteiger partial charge in [-0.1, -0.05) is 48.5 Å². The summed E-state index contributed by atoms with van der Waals surface area (Å²) in [6, 6.07) is 24.5. The molecule has 0 unspecified atom stereocenters. The molecular formula is C31H19N5S2. The maximum absolute atomic E-state index is 4.58. The maximum Gasteiger partial charge on any atom is 0.177 e. The molecule has 0 aliphatic rings. The van der Waals surface area contributed by atoms with Gasteiger partial charge in [0.2, 0.25) is 0 Å².